The van der Waals surface area contributed by atoms with E-state index in [9.17, 15) is 8.42 Å². The van der Waals surface area contributed by atoms with Crippen molar-refractivity contribution in [2.45, 2.75) is 6.92 Å². The topological polar surface area (TPSA) is 79.2 Å². The predicted octanol–water partition coefficient (Wildman–Crippen LogP) is 2.18. The zero-order valence-electron chi connectivity index (χ0n) is 10.7. The number of methoxy groups -OCH3 is 1. The van der Waals surface area contributed by atoms with Crippen LogP contribution in [0.1, 0.15) is 12.5 Å². The van der Waals surface area contributed by atoms with Gasteiger partial charge in [-0.05, 0) is 18.1 Å². The largest absolute Gasteiger partial charge is 0.495 e. The molecule has 0 radical (unpaired) electrons. The molecule has 0 aliphatic heterocycles. The Morgan fingerprint density at radius 1 is 1.53 bits per heavy atom. The number of hydrogen-bond acceptors (Lipinski definition) is 4. The molecule has 0 saturated heterocycles. The zero-order valence-corrected chi connectivity index (χ0v) is 12.3. The van der Waals surface area contributed by atoms with Crippen LogP contribution in [0.5, 0.6) is 5.75 Å². The van der Waals surface area contributed by atoms with Crippen molar-refractivity contribution in [2.24, 2.45) is 5.92 Å². The van der Waals surface area contributed by atoms with Gasteiger partial charge in [0, 0.05) is 11.9 Å². The number of anilines is 1. The molecule has 0 bridgehead atoms. The fourth-order valence-electron chi connectivity index (χ4n) is 1.47. The first-order valence-electron chi connectivity index (χ1n) is 5.56. The van der Waals surface area contributed by atoms with Crippen LogP contribution >= 0.6 is 11.6 Å². The van der Waals surface area contributed by atoms with Crippen molar-refractivity contribution in [2.75, 3.05) is 23.5 Å². The van der Waals surface area contributed by atoms with Crippen molar-refractivity contribution in [3.05, 3.63) is 23.8 Å². The van der Waals surface area contributed by atoms with E-state index in [1.165, 1.54) is 25.3 Å². The van der Waals surface area contributed by atoms with Crippen LogP contribution in [0.4, 0.5) is 5.69 Å². The molecule has 0 aliphatic carbocycles. The highest BCUT2D eigenvalue weighted by Gasteiger charge is 2.17. The molecule has 0 spiro atoms. The van der Waals surface area contributed by atoms with E-state index in [4.69, 9.17) is 21.6 Å². The van der Waals surface area contributed by atoms with Gasteiger partial charge in [-0.25, -0.2) is 8.42 Å². The number of rotatable bonds is 6. The van der Waals surface area contributed by atoms with Crippen molar-refractivity contribution in [3.63, 3.8) is 0 Å². The Labute approximate surface area is 118 Å². The Balaban J connectivity index is 2.96. The fourth-order valence-corrected chi connectivity index (χ4v) is 3.17. The average molecular weight is 303 g/mol. The maximum atomic E-state index is 11.9. The molecule has 1 N–H and O–H groups in total. The second-order valence-corrected chi connectivity index (χ2v) is 6.25. The molecule has 5 nitrogen and oxygen atoms in total. The molecule has 0 heterocycles. The van der Waals surface area contributed by atoms with Gasteiger partial charge >= 0.3 is 0 Å². The summed E-state index contributed by atoms with van der Waals surface area (Å²) in [5, 5.41) is 8.77. The van der Waals surface area contributed by atoms with E-state index in [-0.39, 0.29) is 17.6 Å². The van der Waals surface area contributed by atoms with E-state index < -0.39 is 10.0 Å². The van der Waals surface area contributed by atoms with Gasteiger partial charge in [-0.2, -0.15) is 5.26 Å². The summed E-state index contributed by atoms with van der Waals surface area (Å²) in [6, 6.07) is 6.45. The molecule has 1 unspecified atom stereocenters. The number of halogens is 1. The summed E-state index contributed by atoms with van der Waals surface area (Å²) in [6.07, 6.45) is 0. The molecule has 0 aromatic heterocycles. The molecule has 19 heavy (non-hydrogen) atoms. The molecule has 7 heteroatoms. The Morgan fingerprint density at radius 2 is 2.21 bits per heavy atom. The maximum absolute atomic E-state index is 11.9. The first kappa shape index (κ1) is 15.6. The Morgan fingerprint density at radius 3 is 2.74 bits per heavy atom. The van der Waals surface area contributed by atoms with E-state index in [1.54, 1.807) is 6.92 Å². The fraction of sp³-hybridized carbons (Fsp3) is 0.417. The van der Waals surface area contributed by atoms with Gasteiger partial charge in [-0.1, -0.05) is 6.92 Å². The van der Waals surface area contributed by atoms with E-state index in [0.29, 0.717) is 17.0 Å². The van der Waals surface area contributed by atoms with Gasteiger partial charge in [0.25, 0.3) is 0 Å². The molecular weight excluding hydrogens is 288 g/mol. The first-order chi connectivity index (χ1) is 8.91. The van der Waals surface area contributed by atoms with Gasteiger partial charge in [0.2, 0.25) is 10.0 Å². The number of nitrogens with one attached hydrogen (secondary N) is 1. The zero-order chi connectivity index (χ0) is 14.5. The standard InChI is InChI=1S/C12H15ClN2O3S/c1-9(6-13)8-19(16,17)15-11-4-3-10(7-14)5-12(11)18-2/h3-5,9,15H,6,8H2,1-2H3. The third-order valence-corrected chi connectivity index (χ3v) is 4.43. The Bertz CT molecular complexity index is 581. The van der Waals surface area contributed by atoms with Crippen LogP contribution in [0.25, 0.3) is 0 Å². The van der Waals surface area contributed by atoms with Crippen LogP contribution in [0.3, 0.4) is 0 Å². The molecule has 0 amide bonds. The summed E-state index contributed by atoms with van der Waals surface area (Å²) in [5.41, 5.74) is 0.706. The van der Waals surface area contributed by atoms with Crippen LogP contribution in [-0.2, 0) is 10.0 Å². The Hall–Kier alpha value is -1.45. The second-order valence-electron chi connectivity index (χ2n) is 4.17. The van der Waals surface area contributed by atoms with Crippen LogP contribution in [-0.4, -0.2) is 27.2 Å². The number of sulfonamides is 1. The van der Waals surface area contributed by atoms with Gasteiger partial charge in [-0.15, -0.1) is 11.6 Å². The maximum Gasteiger partial charge on any atom is 0.233 e. The summed E-state index contributed by atoms with van der Waals surface area (Å²) in [7, 11) is -2.08. The van der Waals surface area contributed by atoms with E-state index in [1.807, 2.05) is 6.07 Å². The summed E-state index contributed by atoms with van der Waals surface area (Å²) < 4.78 is 31.3. The van der Waals surface area contributed by atoms with Crippen molar-refractivity contribution in [1.82, 2.24) is 0 Å². The lowest BCUT2D eigenvalue weighted by atomic mass is 10.2. The molecule has 0 saturated carbocycles. The SMILES string of the molecule is COc1cc(C#N)ccc1NS(=O)(=O)CC(C)CCl. The van der Waals surface area contributed by atoms with Gasteiger partial charge in [0.1, 0.15) is 5.75 Å². The second kappa shape index (κ2) is 6.64. The first-order valence-corrected chi connectivity index (χ1v) is 7.75. The van der Waals surface area contributed by atoms with Crippen LogP contribution < -0.4 is 9.46 Å². The van der Waals surface area contributed by atoms with Crippen LogP contribution in [0.15, 0.2) is 18.2 Å². The van der Waals surface area contributed by atoms with Gasteiger partial charge < -0.3 is 4.74 Å². The number of nitrogens with zero attached hydrogens (tertiary/aromatic N) is 1. The highest BCUT2D eigenvalue weighted by Crippen LogP contribution is 2.26. The number of alkyl halides is 1. The summed E-state index contributed by atoms with van der Waals surface area (Å²) >= 11 is 5.61. The van der Waals surface area contributed by atoms with Crippen LogP contribution in [0.2, 0.25) is 0 Å². The van der Waals surface area contributed by atoms with Gasteiger partial charge in [0.05, 0.1) is 30.2 Å². The minimum absolute atomic E-state index is 0.0698. The van der Waals surface area contributed by atoms with E-state index >= 15 is 0 Å². The quantitative estimate of drug-likeness (QED) is 0.817. The molecule has 1 atom stereocenters. The minimum atomic E-state index is -3.50. The molecule has 1 aromatic carbocycles. The molecule has 0 aliphatic rings. The summed E-state index contributed by atoms with van der Waals surface area (Å²) in [5.74, 6) is 0.357. The molecule has 1 aromatic rings. The lowest BCUT2D eigenvalue weighted by Crippen LogP contribution is -2.22. The molecule has 104 valence electrons. The Kier molecular flexibility index (Phi) is 5.45. The number of benzene rings is 1. The molecular formula is C12H15ClN2O3S. The molecule has 1 rings (SSSR count). The molecule has 0 fully saturated rings. The van der Waals surface area contributed by atoms with Gasteiger partial charge in [-0.3, -0.25) is 4.72 Å². The lowest BCUT2D eigenvalue weighted by molar-refractivity contribution is 0.416. The van der Waals surface area contributed by atoms with Gasteiger partial charge in [0.15, 0.2) is 0 Å². The smallest absolute Gasteiger partial charge is 0.233 e. The average Bonchev–Trinajstić information content (AvgIpc) is 2.38. The number of hydrogen-bond donors (Lipinski definition) is 1. The third-order valence-electron chi connectivity index (χ3n) is 2.36. The van der Waals surface area contributed by atoms with Crippen molar-refractivity contribution < 1.29 is 13.2 Å². The van der Waals surface area contributed by atoms with E-state index in [2.05, 4.69) is 4.72 Å². The highest BCUT2D eigenvalue weighted by molar-refractivity contribution is 7.92. The summed E-state index contributed by atoms with van der Waals surface area (Å²) in [4.78, 5) is 0. The normalized spacial score (nSPS) is 12.5. The number of nitriles is 1. The van der Waals surface area contributed by atoms with Crippen molar-refractivity contribution >= 4 is 27.3 Å². The monoisotopic (exact) mass is 302 g/mol. The lowest BCUT2D eigenvalue weighted by Gasteiger charge is -2.13. The van der Waals surface area contributed by atoms with Crippen molar-refractivity contribution in [3.8, 4) is 11.8 Å². The van der Waals surface area contributed by atoms with Crippen LogP contribution in [0, 0.1) is 17.2 Å². The van der Waals surface area contributed by atoms with Crippen molar-refractivity contribution in [1.29, 1.82) is 5.26 Å². The third kappa shape index (κ3) is 4.62. The summed E-state index contributed by atoms with van der Waals surface area (Å²) in [6.45, 7) is 1.75. The highest BCUT2D eigenvalue weighted by atomic mass is 35.5. The number of ether oxygens (including phenoxy) is 1. The predicted molar refractivity (Wildman–Crippen MR) is 75.0 cm³/mol. The minimum Gasteiger partial charge on any atom is -0.495 e. The van der Waals surface area contributed by atoms with E-state index in [0.717, 1.165) is 0 Å².